The second-order valence-corrected chi connectivity index (χ2v) is 3.09. The van der Waals surface area contributed by atoms with E-state index < -0.39 is 11.6 Å². The van der Waals surface area contributed by atoms with Crippen molar-refractivity contribution in [1.82, 2.24) is 9.55 Å². The minimum Gasteiger partial charge on any atom is -0.328 e. The number of halogens is 2. The average molecular weight is 206 g/mol. The lowest BCUT2D eigenvalue weighted by molar-refractivity contribution is 0.510. The topological polar surface area (TPSA) is 17.8 Å². The largest absolute Gasteiger partial charge is 0.328 e. The zero-order valence-electron chi connectivity index (χ0n) is 8.09. The molecule has 0 N–H and O–H groups in total. The van der Waals surface area contributed by atoms with Gasteiger partial charge in [-0.2, -0.15) is 0 Å². The smallest absolute Gasteiger partial charge is 0.185 e. The van der Waals surface area contributed by atoms with E-state index >= 15 is 0 Å². The van der Waals surface area contributed by atoms with E-state index in [0.29, 0.717) is 12.1 Å². The van der Waals surface area contributed by atoms with Crippen LogP contribution < -0.4 is 0 Å². The van der Waals surface area contributed by atoms with Crippen molar-refractivity contribution in [3.63, 3.8) is 0 Å². The van der Waals surface area contributed by atoms with Gasteiger partial charge in [0.25, 0.3) is 0 Å². The fourth-order valence-electron chi connectivity index (χ4n) is 1.51. The highest BCUT2D eigenvalue weighted by Gasteiger charge is 2.15. The van der Waals surface area contributed by atoms with Gasteiger partial charge in [0.15, 0.2) is 11.6 Å². The predicted molar refractivity (Wildman–Crippen MR) is 53.3 cm³/mol. The summed E-state index contributed by atoms with van der Waals surface area (Å²) in [7, 11) is 0. The normalized spacial score (nSPS) is 10.5. The van der Waals surface area contributed by atoms with Crippen molar-refractivity contribution >= 4 is 11.0 Å². The molecule has 0 unspecified atom stereocenters. The molecular formula is C11H8F2N2. The Bertz CT molecular complexity index is 564. The Morgan fingerprint density at radius 3 is 2.80 bits per heavy atom. The summed E-state index contributed by atoms with van der Waals surface area (Å²) in [6.45, 7) is 2.36. The predicted octanol–water partition coefficient (Wildman–Crippen LogP) is 2.32. The lowest BCUT2D eigenvalue weighted by Gasteiger charge is -2.02. The first-order valence-corrected chi connectivity index (χ1v) is 4.48. The van der Waals surface area contributed by atoms with Crippen molar-refractivity contribution in [1.29, 1.82) is 0 Å². The first kappa shape index (κ1) is 9.66. The third-order valence-electron chi connectivity index (χ3n) is 2.28. The first-order chi connectivity index (χ1) is 7.19. The van der Waals surface area contributed by atoms with E-state index in [4.69, 9.17) is 6.42 Å². The number of terminal acetylenes is 1. The Morgan fingerprint density at radius 1 is 1.47 bits per heavy atom. The molecule has 0 aliphatic rings. The molecule has 15 heavy (non-hydrogen) atoms. The molecule has 1 aromatic carbocycles. The lowest BCUT2D eigenvalue weighted by atomic mass is 10.2. The van der Waals surface area contributed by atoms with Gasteiger partial charge in [-0.25, -0.2) is 13.8 Å². The van der Waals surface area contributed by atoms with E-state index in [1.165, 1.54) is 17.0 Å². The minimum absolute atomic E-state index is 0.0960. The van der Waals surface area contributed by atoms with Crippen LogP contribution in [-0.2, 0) is 6.54 Å². The van der Waals surface area contributed by atoms with Crippen LogP contribution in [0.1, 0.15) is 12.5 Å². The minimum atomic E-state index is -0.986. The number of fused-ring (bicyclic) bond motifs is 1. The number of benzene rings is 1. The summed E-state index contributed by atoms with van der Waals surface area (Å²) >= 11 is 0. The third kappa shape index (κ3) is 1.28. The molecule has 0 atom stereocenters. The summed E-state index contributed by atoms with van der Waals surface area (Å²) in [5, 5.41) is 0. The number of aryl methyl sites for hydroxylation is 1. The fourth-order valence-corrected chi connectivity index (χ4v) is 1.51. The molecule has 0 saturated heterocycles. The number of aromatic nitrogens is 2. The van der Waals surface area contributed by atoms with Gasteiger partial charge in [-0.3, -0.25) is 0 Å². The SMILES string of the molecule is C#Cc1cc2ncn(CC)c2c(F)c1F. The fraction of sp³-hybridized carbons (Fsp3) is 0.182. The molecule has 0 aliphatic carbocycles. The molecule has 1 heterocycles. The molecule has 2 aromatic rings. The van der Waals surface area contributed by atoms with E-state index in [1.807, 2.05) is 6.92 Å². The summed E-state index contributed by atoms with van der Waals surface area (Å²) in [5.74, 6) is 0.175. The monoisotopic (exact) mass is 206 g/mol. The Kier molecular flexibility index (Phi) is 2.16. The van der Waals surface area contributed by atoms with Gasteiger partial charge in [-0.1, -0.05) is 5.92 Å². The van der Waals surface area contributed by atoms with Crippen LogP contribution in [0.15, 0.2) is 12.4 Å². The molecule has 0 radical (unpaired) electrons. The van der Waals surface area contributed by atoms with Gasteiger partial charge in [0.05, 0.1) is 17.4 Å². The number of nitrogens with zero attached hydrogens (tertiary/aromatic N) is 2. The zero-order chi connectivity index (χ0) is 11.0. The number of hydrogen-bond acceptors (Lipinski definition) is 1. The second-order valence-electron chi connectivity index (χ2n) is 3.09. The lowest BCUT2D eigenvalue weighted by Crippen LogP contribution is -1.97. The van der Waals surface area contributed by atoms with Crippen molar-refractivity contribution in [2.45, 2.75) is 13.5 Å². The molecule has 0 bridgehead atoms. The maximum Gasteiger partial charge on any atom is 0.185 e. The van der Waals surface area contributed by atoms with Gasteiger partial charge < -0.3 is 4.57 Å². The Balaban J connectivity index is 2.89. The van der Waals surface area contributed by atoms with Crippen LogP contribution in [0, 0.1) is 24.0 Å². The standard InChI is InChI=1S/C11H8F2N2/c1-3-7-5-8-11(10(13)9(7)12)15(4-2)6-14-8/h1,5-6H,4H2,2H3. The van der Waals surface area contributed by atoms with Gasteiger partial charge in [-0.15, -0.1) is 6.42 Å². The highest BCUT2D eigenvalue weighted by Crippen LogP contribution is 2.22. The molecular weight excluding hydrogens is 198 g/mol. The average Bonchev–Trinajstić information content (AvgIpc) is 2.66. The molecule has 76 valence electrons. The van der Waals surface area contributed by atoms with E-state index in [-0.39, 0.29) is 11.1 Å². The van der Waals surface area contributed by atoms with Crippen LogP contribution >= 0.6 is 0 Å². The van der Waals surface area contributed by atoms with Crippen molar-refractivity contribution in [2.24, 2.45) is 0 Å². The van der Waals surface area contributed by atoms with Crippen LogP contribution in [0.25, 0.3) is 11.0 Å². The van der Waals surface area contributed by atoms with Gasteiger partial charge in [0.2, 0.25) is 0 Å². The maximum absolute atomic E-state index is 13.6. The molecule has 0 aliphatic heterocycles. The molecule has 0 spiro atoms. The number of hydrogen-bond donors (Lipinski definition) is 0. The Morgan fingerprint density at radius 2 is 2.20 bits per heavy atom. The van der Waals surface area contributed by atoms with Gasteiger partial charge in [0.1, 0.15) is 5.52 Å². The summed E-state index contributed by atoms with van der Waals surface area (Å²) < 4.78 is 28.5. The summed E-state index contributed by atoms with van der Waals surface area (Å²) in [4.78, 5) is 3.96. The van der Waals surface area contributed by atoms with Crippen molar-refractivity contribution in [2.75, 3.05) is 0 Å². The highest BCUT2D eigenvalue weighted by atomic mass is 19.2. The van der Waals surface area contributed by atoms with Crippen molar-refractivity contribution in [3.05, 3.63) is 29.6 Å². The van der Waals surface area contributed by atoms with Crippen LogP contribution in [0.2, 0.25) is 0 Å². The quantitative estimate of drug-likeness (QED) is 0.655. The maximum atomic E-state index is 13.6. The van der Waals surface area contributed by atoms with Crippen LogP contribution in [0.3, 0.4) is 0 Å². The van der Waals surface area contributed by atoms with E-state index in [1.54, 1.807) is 0 Å². The molecule has 0 amide bonds. The number of rotatable bonds is 1. The first-order valence-electron chi connectivity index (χ1n) is 4.48. The van der Waals surface area contributed by atoms with Crippen LogP contribution in [0.5, 0.6) is 0 Å². The number of imidazole rings is 1. The molecule has 4 heteroatoms. The summed E-state index contributed by atoms with van der Waals surface area (Å²) in [6.07, 6.45) is 6.52. The molecule has 2 nitrogen and oxygen atoms in total. The van der Waals surface area contributed by atoms with Gasteiger partial charge in [-0.05, 0) is 13.0 Å². The summed E-state index contributed by atoms with van der Waals surface area (Å²) in [5.41, 5.74) is 0.444. The Hall–Kier alpha value is -1.89. The van der Waals surface area contributed by atoms with E-state index in [0.717, 1.165) is 0 Å². The van der Waals surface area contributed by atoms with Gasteiger partial charge in [0, 0.05) is 6.54 Å². The Labute approximate surface area is 85.5 Å². The van der Waals surface area contributed by atoms with E-state index in [2.05, 4.69) is 10.9 Å². The van der Waals surface area contributed by atoms with Gasteiger partial charge >= 0.3 is 0 Å². The molecule has 0 saturated carbocycles. The molecule has 0 fully saturated rings. The third-order valence-corrected chi connectivity index (χ3v) is 2.28. The van der Waals surface area contributed by atoms with Crippen LogP contribution in [0.4, 0.5) is 8.78 Å². The summed E-state index contributed by atoms with van der Waals surface area (Å²) in [6, 6.07) is 1.37. The highest BCUT2D eigenvalue weighted by molar-refractivity contribution is 5.78. The molecule has 1 aromatic heterocycles. The zero-order valence-corrected chi connectivity index (χ0v) is 8.09. The van der Waals surface area contributed by atoms with Crippen molar-refractivity contribution < 1.29 is 8.78 Å². The van der Waals surface area contributed by atoms with E-state index in [9.17, 15) is 8.78 Å². The second kappa shape index (κ2) is 3.35. The molecule has 2 rings (SSSR count). The van der Waals surface area contributed by atoms with Crippen LogP contribution in [-0.4, -0.2) is 9.55 Å². The van der Waals surface area contributed by atoms with Crippen molar-refractivity contribution in [3.8, 4) is 12.3 Å².